The first-order valence-electron chi connectivity index (χ1n) is 9.48. The molecule has 1 aliphatic rings. The Bertz CT molecular complexity index is 651. The number of tetrazole rings is 1. The van der Waals surface area contributed by atoms with E-state index in [2.05, 4.69) is 69.5 Å². The molecule has 7 heteroatoms. The van der Waals surface area contributed by atoms with Crippen molar-refractivity contribution in [3.63, 3.8) is 0 Å². The van der Waals surface area contributed by atoms with E-state index in [9.17, 15) is 0 Å². The lowest BCUT2D eigenvalue weighted by Gasteiger charge is -2.40. The van der Waals surface area contributed by atoms with E-state index in [1.807, 2.05) is 4.68 Å². The lowest BCUT2D eigenvalue weighted by molar-refractivity contribution is 0.145. The van der Waals surface area contributed by atoms with E-state index < -0.39 is 0 Å². The normalized spacial score (nSPS) is 17.0. The highest BCUT2D eigenvalue weighted by Crippen LogP contribution is 2.28. The van der Waals surface area contributed by atoms with Crippen LogP contribution in [0.4, 0.5) is 5.69 Å². The summed E-state index contributed by atoms with van der Waals surface area (Å²) < 4.78 is 7.11. The number of nitrogens with zero attached hydrogens (tertiary/aromatic N) is 6. The van der Waals surface area contributed by atoms with E-state index in [1.165, 1.54) is 5.69 Å². The molecule has 0 N–H and O–H groups in total. The number of hydrogen-bond acceptors (Lipinski definition) is 6. The van der Waals surface area contributed by atoms with Crippen molar-refractivity contribution in [3.05, 3.63) is 36.2 Å². The Balaban J connectivity index is 1.70. The fourth-order valence-electron chi connectivity index (χ4n) is 3.58. The molecule has 1 fully saturated rings. The van der Waals surface area contributed by atoms with Gasteiger partial charge in [0.15, 0.2) is 5.82 Å². The van der Waals surface area contributed by atoms with Gasteiger partial charge in [0.05, 0.1) is 19.2 Å². The zero-order chi connectivity index (χ0) is 18.4. The van der Waals surface area contributed by atoms with E-state index in [-0.39, 0.29) is 6.04 Å². The number of rotatable bonds is 8. The maximum atomic E-state index is 5.20. The van der Waals surface area contributed by atoms with Crippen LogP contribution in [0.1, 0.15) is 32.1 Å². The smallest absolute Gasteiger partial charge is 0.168 e. The average molecular weight is 358 g/mol. The first-order valence-corrected chi connectivity index (χ1v) is 9.48. The van der Waals surface area contributed by atoms with Crippen LogP contribution in [0.2, 0.25) is 0 Å². The van der Waals surface area contributed by atoms with Crippen LogP contribution >= 0.6 is 0 Å². The molecule has 1 aromatic carbocycles. The molecule has 0 spiro atoms. The lowest BCUT2D eigenvalue weighted by Crippen LogP contribution is -2.48. The Kier molecular flexibility index (Phi) is 6.57. The third-order valence-electron chi connectivity index (χ3n) is 4.94. The van der Waals surface area contributed by atoms with Crippen molar-refractivity contribution in [3.8, 4) is 0 Å². The molecular weight excluding hydrogens is 328 g/mol. The van der Waals surface area contributed by atoms with Gasteiger partial charge in [-0.1, -0.05) is 32.0 Å². The average Bonchev–Trinajstić information content (AvgIpc) is 3.13. The van der Waals surface area contributed by atoms with E-state index in [0.717, 1.165) is 38.4 Å². The summed E-state index contributed by atoms with van der Waals surface area (Å²) in [6, 6.07) is 10.9. The number of hydrogen-bond donors (Lipinski definition) is 0. The molecule has 2 heterocycles. The number of para-hydroxylation sites is 1. The van der Waals surface area contributed by atoms with Gasteiger partial charge in [-0.15, -0.1) is 5.10 Å². The van der Waals surface area contributed by atoms with Crippen molar-refractivity contribution < 1.29 is 4.74 Å². The number of aromatic nitrogens is 4. The van der Waals surface area contributed by atoms with Crippen molar-refractivity contribution in [2.75, 3.05) is 44.8 Å². The van der Waals surface area contributed by atoms with Gasteiger partial charge in [-0.05, 0) is 34.9 Å². The number of ether oxygens (including phenoxy) is 1. The summed E-state index contributed by atoms with van der Waals surface area (Å²) in [5, 5.41) is 12.5. The predicted octanol–water partition coefficient (Wildman–Crippen LogP) is 2.23. The fraction of sp³-hybridized carbons (Fsp3) is 0.632. The SMILES string of the molecule is COCCn1nnnc1[C@H](CC(C)C)N1CCN(c2ccccc2)CC1. The van der Waals surface area contributed by atoms with E-state index in [1.54, 1.807) is 7.11 Å². The van der Waals surface area contributed by atoms with E-state index in [4.69, 9.17) is 4.74 Å². The molecule has 26 heavy (non-hydrogen) atoms. The summed E-state index contributed by atoms with van der Waals surface area (Å²) in [7, 11) is 1.71. The van der Waals surface area contributed by atoms with Crippen molar-refractivity contribution in [1.82, 2.24) is 25.1 Å². The van der Waals surface area contributed by atoms with Crippen LogP contribution in [0.25, 0.3) is 0 Å². The second kappa shape index (κ2) is 9.09. The van der Waals surface area contributed by atoms with Crippen molar-refractivity contribution in [2.45, 2.75) is 32.9 Å². The first kappa shape index (κ1) is 18.8. The molecule has 0 unspecified atom stereocenters. The first-order chi connectivity index (χ1) is 12.7. The molecule has 1 aliphatic heterocycles. The lowest BCUT2D eigenvalue weighted by atomic mass is 10.0. The summed E-state index contributed by atoms with van der Waals surface area (Å²) in [5.74, 6) is 1.55. The summed E-state index contributed by atoms with van der Waals surface area (Å²) >= 11 is 0. The molecule has 7 nitrogen and oxygen atoms in total. The number of anilines is 1. The minimum Gasteiger partial charge on any atom is -0.383 e. The minimum atomic E-state index is 0.250. The van der Waals surface area contributed by atoms with Gasteiger partial charge < -0.3 is 9.64 Å². The Morgan fingerprint density at radius 1 is 1.08 bits per heavy atom. The maximum absolute atomic E-state index is 5.20. The van der Waals surface area contributed by atoms with Gasteiger partial charge in [0.1, 0.15) is 0 Å². The Labute approximate surface area is 155 Å². The second-order valence-electron chi connectivity index (χ2n) is 7.26. The topological polar surface area (TPSA) is 59.3 Å². The van der Waals surface area contributed by atoms with Gasteiger partial charge in [-0.3, -0.25) is 4.90 Å². The third-order valence-corrected chi connectivity index (χ3v) is 4.94. The molecule has 1 atom stereocenters. The maximum Gasteiger partial charge on any atom is 0.168 e. The molecule has 1 saturated heterocycles. The molecular formula is C19H30N6O. The van der Waals surface area contributed by atoms with E-state index >= 15 is 0 Å². The predicted molar refractivity (Wildman–Crippen MR) is 102 cm³/mol. The Morgan fingerprint density at radius 3 is 2.46 bits per heavy atom. The third kappa shape index (κ3) is 4.59. The molecule has 0 radical (unpaired) electrons. The van der Waals surface area contributed by atoms with Gasteiger partial charge in [-0.25, -0.2) is 4.68 Å². The fourth-order valence-corrected chi connectivity index (χ4v) is 3.58. The van der Waals surface area contributed by atoms with Gasteiger partial charge in [0, 0.05) is 39.0 Å². The summed E-state index contributed by atoms with van der Waals surface area (Å²) in [4.78, 5) is 4.99. The van der Waals surface area contributed by atoms with Crippen molar-refractivity contribution >= 4 is 5.69 Å². The summed E-state index contributed by atoms with van der Waals surface area (Å²) in [5.41, 5.74) is 1.30. The monoisotopic (exact) mass is 358 g/mol. The number of methoxy groups -OCH3 is 1. The highest BCUT2D eigenvalue weighted by molar-refractivity contribution is 5.46. The highest BCUT2D eigenvalue weighted by Gasteiger charge is 2.29. The highest BCUT2D eigenvalue weighted by atomic mass is 16.5. The van der Waals surface area contributed by atoms with E-state index in [0.29, 0.717) is 19.1 Å². The summed E-state index contributed by atoms with van der Waals surface area (Å²) in [6.45, 7) is 9.92. The second-order valence-corrected chi connectivity index (χ2v) is 7.26. The van der Waals surface area contributed by atoms with Crippen LogP contribution in [0.15, 0.2) is 30.3 Å². The van der Waals surface area contributed by atoms with Crippen LogP contribution in [0, 0.1) is 5.92 Å². The van der Waals surface area contributed by atoms with Crippen molar-refractivity contribution in [1.29, 1.82) is 0 Å². The van der Waals surface area contributed by atoms with Crippen molar-refractivity contribution in [2.24, 2.45) is 5.92 Å². The molecule has 2 aromatic rings. The van der Waals surface area contributed by atoms with Gasteiger partial charge in [0.25, 0.3) is 0 Å². The molecule has 3 rings (SSSR count). The van der Waals surface area contributed by atoms with Crippen LogP contribution in [0.3, 0.4) is 0 Å². The Morgan fingerprint density at radius 2 is 1.81 bits per heavy atom. The molecule has 1 aromatic heterocycles. The zero-order valence-corrected chi connectivity index (χ0v) is 16.1. The minimum absolute atomic E-state index is 0.250. The zero-order valence-electron chi connectivity index (χ0n) is 16.1. The van der Waals surface area contributed by atoms with Crippen LogP contribution in [-0.4, -0.2) is 65.0 Å². The number of benzene rings is 1. The quantitative estimate of drug-likeness (QED) is 0.721. The largest absolute Gasteiger partial charge is 0.383 e. The molecule has 0 amide bonds. The Hall–Kier alpha value is -1.99. The van der Waals surface area contributed by atoms with Crippen LogP contribution < -0.4 is 4.90 Å². The standard InChI is InChI=1S/C19H30N6O/c1-16(2)15-18(19-20-21-22-25(19)13-14-26-3)24-11-9-23(10-12-24)17-7-5-4-6-8-17/h4-8,16,18H,9-15H2,1-3H3/t18-/m0/s1. The summed E-state index contributed by atoms with van der Waals surface area (Å²) in [6.07, 6.45) is 1.05. The van der Waals surface area contributed by atoms with Crippen LogP contribution in [-0.2, 0) is 11.3 Å². The van der Waals surface area contributed by atoms with Gasteiger partial charge >= 0.3 is 0 Å². The molecule has 0 saturated carbocycles. The van der Waals surface area contributed by atoms with Gasteiger partial charge in [-0.2, -0.15) is 0 Å². The van der Waals surface area contributed by atoms with Gasteiger partial charge in [0.2, 0.25) is 0 Å². The molecule has 142 valence electrons. The number of piperazine rings is 1. The molecule has 0 bridgehead atoms. The molecule has 0 aliphatic carbocycles. The van der Waals surface area contributed by atoms with Crippen LogP contribution in [0.5, 0.6) is 0 Å².